The molecular weight excluding hydrogens is 701 g/mol. The number of furan rings is 2. The monoisotopic (exact) mass is 736 g/mol. The van der Waals surface area contributed by atoms with Gasteiger partial charge in [-0.1, -0.05) is 127 Å². The molecule has 7 aromatic carbocycles. The fraction of sp³-hybridized carbons (Fsp3) is 0.0784. The van der Waals surface area contributed by atoms with E-state index in [1.807, 2.05) is 24.3 Å². The van der Waals surface area contributed by atoms with Crippen LogP contribution in [0.5, 0.6) is 0 Å². The molecular formula is C51H36N4O2. The molecule has 0 saturated heterocycles. The number of benzene rings is 7. The topological polar surface area (TPSA) is 67.6 Å². The maximum absolute atomic E-state index is 6.69. The number of rotatable bonds is 5. The first-order valence-electron chi connectivity index (χ1n) is 19.7. The summed E-state index contributed by atoms with van der Waals surface area (Å²) < 4.78 is 15.8. The van der Waals surface area contributed by atoms with Crippen LogP contribution in [0.25, 0.3) is 77.7 Å². The van der Waals surface area contributed by atoms with Gasteiger partial charge in [0.15, 0.2) is 0 Å². The number of fused-ring (bicyclic) bond motifs is 9. The van der Waals surface area contributed by atoms with E-state index >= 15 is 0 Å². The number of nitrogens with zero attached hydrogens (tertiary/aromatic N) is 2. The van der Waals surface area contributed by atoms with Crippen molar-refractivity contribution in [3.63, 3.8) is 0 Å². The lowest BCUT2D eigenvalue weighted by Crippen LogP contribution is -2.44. The molecule has 12 rings (SSSR count). The molecule has 0 amide bonds. The summed E-state index contributed by atoms with van der Waals surface area (Å²) in [7, 11) is 0. The Morgan fingerprint density at radius 3 is 2.33 bits per heavy atom. The maximum atomic E-state index is 6.69. The quantitative estimate of drug-likeness (QED) is 0.185. The highest BCUT2D eigenvalue weighted by Crippen LogP contribution is 2.42. The minimum atomic E-state index is -0.203. The van der Waals surface area contributed by atoms with Crippen molar-refractivity contribution in [1.82, 2.24) is 15.2 Å². The van der Waals surface area contributed by atoms with E-state index in [4.69, 9.17) is 13.8 Å². The Bertz CT molecular complexity index is 3260. The largest absolute Gasteiger partial charge is 0.456 e. The zero-order valence-electron chi connectivity index (χ0n) is 30.9. The number of allylic oxidation sites excluding steroid dienone is 1. The Kier molecular flexibility index (Phi) is 7.16. The third-order valence-electron chi connectivity index (χ3n) is 11.8. The standard InChI is InChI=1S/C51H36N4O2/c1-3-13-31(14-4-1)49-52-50(32-15-5-2-6-16-32)54-51(53-49)34-26-28-44-40(29-34)38-20-11-19-35(48(38)57-44)33-25-27-39-46(30-33)56-45-24-12-23-43(47(39)45)55-41-21-9-7-17-36(41)37-18-8-10-22-42(37)55/h1-9,11-21,23-30,49,51,53H,10,22H2,(H,52,54). The minimum Gasteiger partial charge on any atom is -0.456 e. The van der Waals surface area contributed by atoms with Crippen molar-refractivity contribution in [2.75, 3.05) is 0 Å². The molecule has 6 nitrogen and oxygen atoms in total. The molecule has 272 valence electrons. The van der Waals surface area contributed by atoms with Crippen LogP contribution in [0.1, 0.15) is 46.7 Å². The molecule has 4 heterocycles. The Morgan fingerprint density at radius 1 is 0.596 bits per heavy atom. The van der Waals surface area contributed by atoms with E-state index in [2.05, 4.69) is 161 Å². The molecule has 0 bridgehead atoms. The van der Waals surface area contributed by atoms with Gasteiger partial charge in [-0.05, 0) is 72.0 Å². The molecule has 2 N–H and O–H groups in total. The fourth-order valence-electron chi connectivity index (χ4n) is 9.11. The van der Waals surface area contributed by atoms with Crippen LogP contribution in [-0.2, 0) is 6.42 Å². The van der Waals surface area contributed by atoms with Gasteiger partial charge < -0.3 is 18.7 Å². The number of hydrogen-bond acceptors (Lipinski definition) is 5. The Labute approximate surface area is 328 Å². The van der Waals surface area contributed by atoms with Crippen LogP contribution >= 0.6 is 0 Å². The van der Waals surface area contributed by atoms with Gasteiger partial charge in [-0.3, -0.25) is 5.32 Å². The number of amidine groups is 1. The number of para-hydroxylation sites is 2. The molecule has 10 aromatic rings. The Hall–Kier alpha value is -7.15. The SMILES string of the molecule is C1=Cc2c(n(-c3cccc4oc5cc(-c6cccc7c6oc6ccc(C8NC(c9ccccc9)=NC(c9ccccc9)N8)cc67)ccc5c34)c3ccccc23)CC1. The molecule has 0 spiro atoms. The molecule has 3 aromatic heterocycles. The molecule has 1 aliphatic heterocycles. The van der Waals surface area contributed by atoms with Crippen molar-refractivity contribution in [3.8, 4) is 16.8 Å². The zero-order valence-corrected chi connectivity index (χ0v) is 30.9. The summed E-state index contributed by atoms with van der Waals surface area (Å²) in [6.07, 6.45) is 6.25. The van der Waals surface area contributed by atoms with Gasteiger partial charge in [0.2, 0.25) is 0 Å². The van der Waals surface area contributed by atoms with Crippen LogP contribution in [-0.4, -0.2) is 10.4 Å². The average Bonchev–Trinajstić information content (AvgIpc) is 3.96. The molecule has 1 aliphatic carbocycles. The second-order valence-corrected chi connectivity index (χ2v) is 15.1. The smallest absolute Gasteiger partial charge is 0.143 e. The van der Waals surface area contributed by atoms with Gasteiger partial charge in [0.1, 0.15) is 40.5 Å². The second-order valence-electron chi connectivity index (χ2n) is 15.1. The van der Waals surface area contributed by atoms with Crippen LogP contribution in [0.3, 0.4) is 0 Å². The molecule has 0 radical (unpaired) electrons. The highest BCUT2D eigenvalue weighted by atomic mass is 16.3. The second kappa shape index (κ2) is 12.7. The first-order chi connectivity index (χ1) is 28.2. The van der Waals surface area contributed by atoms with E-state index in [9.17, 15) is 0 Å². The molecule has 2 aliphatic rings. The zero-order chi connectivity index (χ0) is 37.5. The predicted octanol–water partition coefficient (Wildman–Crippen LogP) is 12.4. The fourth-order valence-corrected chi connectivity index (χ4v) is 9.11. The van der Waals surface area contributed by atoms with Gasteiger partial charge >= 0.3 is 0 Å². The van der Waals surface area contributed by atoms with Crippen molar-refractivity contribution in [2.24, 2.45) is 4.99 Å². The van der Waals surface area contributed by atoms with Crippen LogP contribution in [0.4, 0.5) is 0 Å². The average molecular weight is 737 g/mol. The Morgan fingerprint density at radius 2 is 1.42 bits per heavy atom. The highest BCUT2D eigenvalue weighted by Gasteiger charge is 2.27. The summed E-state index contributed by atoms with van der Waals surface area (Å²) in [5.74, 6) is 0.860. The third-order valence-corrected chi connectivity index (χ3v) is 11.8. The van der Waals surface area contributed by atoms with Crippen LogP contribution in [0.2, 0.25) is 0 Å². The summed E-state index contributed by atoms with van der Waals surface area (Å²) in [4.78, 5) is 5.09. The first kappa shape index (κ1) is 32.1. The van der Waals surface area contributed by atoms with Crippen molar-refractivity contribution in [1.29, 1.82) is 0 Å². The molecule has 6 heteroatoms. The van der Waals surface area contributed by atoms with Crippen LogP contribution in [0, 0.1) is 0 Å². The number of nitrogens with one attached hydrogen (secondary N) is 2. The molecule has 57 heavy (non-hydrogen) atoms. The predicted molar refractivity (Wildman–Crippen MR) is 232 cm³/mol. The minimum absolute atomic E-state index is 0.174. The normalized spacial score (nSPS) is 16.7. The van der Waals surface area contributed by atoms with Gasteiger partial charge in [0.05, 0.1) is 16.6 Å². The first-order valence-corrected chi connectivity index (χ1v) is 19.7. The van der Waals surface area contributed by atoms with E-state index in [1.54, 1.807) is 0 Å². The lowest BCUT2D eigenvalue weighted by molar-refractivity contribution is 0.409. The number of hydrogen-bond donors (Lipinski definition) is 2. The van der Waals surface area contributed by atoms with Gasteiger partial charge in [-0.25, -0.2) is 4.99 Å². The molecule has 0 saturated carbocycles. The number of aliphatic imine (C=N–C) groups is 1. The van der Waals surface area contributed by atoms with Gasteiger partial charge in [0.25, 0.3) is 0 Å². The third kappa shape index (κ3) is 5.11. The summed E-state index contributed by atoms with van der Waals surface area (Å²) in [5, 5.41) is 13.1. The van der Waals surface area contributed by atoms with Crippen molar-refractivity contribution >= 4 is 66.7 Å². The van der Waals surface area contributed by atoms with Gasteiger partial charge in [-0.2, -0.15) is 0 Å². The van der Waals surface area contributed by atoms with E-state index < -0.39 is 0 Å². The molecule has 2 unspecified atom stereocenters. The summed E-state index contributed by atoms with van der Waals surface area (Å²) in [6.45, 7) is 0. The maximum Gasteiger partial charge on any atom is 0.143 e. The van der Waals surface area contributed by atoms with E-state index in [-0.39, 0.29) is 12.3 Å². The summed E-state index contributed by atoms with van der Waals surface area (Å²) >= 11 is 0. The van der Waals surface area contributed by atoms with Crippen molar-refractivity contribution in [3.05, 3.63) is 192 Å². The summed E-state index contributed by atoms with van der Waals surface area (Å²) in [5.41, 5.74) is 13.8. The molecule has 2 atom stereocenters. The van der Waals surface area contributed by atoms with Crippen molar-refractivity contribution in [2.45, 2.75) is 25.2 Å². The Balaban J connectivity index is 0.946. The lowest BCUT2D eigenvalue weighted by Gasteiger charge is -2.32. The van der Waals surface area contributed by atoms with E-state index in [0.29, 0.717) is 0 Å². The highest BCUT2D eigenvalue weighted by molar-refractivity contribution is 6.13. The van der Waals surface area contributed by atoms with E-state index in [1.165, 1.54) is 22.2 Å². The molecule has 0 fully saturated rings. The lowest BCUT2D eigenvalue weighted by atomic mass is 9.99. The summed E-state index contributed by atoms with van der Waals surface area (Å²) in [6, 6.07) is 55.4. The van der Waals surface area contributed by atoms with Gasteiger partial charge in [-0.15, -0.1) is 0 Å². The van der Waals surface area contributed by atoms with Gasteiger partial charge in [0, 0.05) is 43.9 Å². The number of aromatic nitrogens is 1. The van der Waals surface area contributed by atoms with Crippen molar-refractivity contribution < 1.29 is 8.83 Å². The van der Waals surface area contributed by atoms with Crippen LogP contribution < -0.4 is 10.6 Å². The van der Waals surface area contributed by atoms with Crippen LogP contribution in [0.15, 0.2) is 178 Å². The van der Waals surface area contributed by atoms with E-state index in [0.717, 1.165) is 96.1 Å².